The first-order chi connectivity index (χ1) is 14.7. The van der Waals surface area contributed by atoms with Gasteiger partial charge in [-0.2, -0.15) is 9.97 Å². The number of carbonyl (C=O) groups excluding carboxylic acids is 1. The average Bonchev–Trinajstić information content (AvgIpc) is 3.38. The van der Waals surface area contributed by atoms with Crippen LogP contribution in [0.2, 0.25) is 0 Å². The number of nitrogens with zero attached hydrogens (tertiary/aromatic N) is 4. The highest BCUT2D eigenvalue weighted by atomic mass is 16.5. The van der Waals surface area contributed by atoms with E-state index in [4.69, 9.17) is 10.5 Å². The first-order valence-electron chi connectivity index (χ1n) is 12.0. The fourth-order valence-electron chi connectivity index (χ4n) is 5.36. The molecule has 7 heteroatoms. The summed E-state index contributed by atoms with van der Waals surface area (Å²) in [5.41, 5.74) is 6.88. The van der Waals surface area contributed by atoms with Crippen LogP contribution >= 0.6 is 0 Å². The van der Waals surface area contributed by atoms with E-state index in [1.54, 1.807) is 0 Å². The summed E-state index contributed by atoms with van der Waals surface area (Å²) in [5.74, 6) is 1.12. The van der Waals surface area contributed by atoms with Crippen molar-refractivity contribution in [1.82, 2.24) is 14.9 Å². The predicted octanol–water partition coefficient (Wildman–Crippen LogP) is 3.70. The highest BCUT2D eigenvalue weighted by Gasteiger charge is 2.33. The van der Waals surface area contributed by atoms with Crippen molar-refractivity contribution >= 4 is 17.5 Å². The first kappa shape index (κ1) is 21.3. The summed E-state index contributed by atoms with van der Waals surface area (Å²) in [5, 5.41) is 0. The van der Waals surface area contributed by atoms with Crippen LogP contribution in [-0.4, -0.2) is 52.6 Å². The molecule has 2 aliphatic heterocycles. The molecule has 1 unspecified atom stereocenters. The molecule has 1 saturated carbocycles. The van der Waals surface area contributed by atoms with Crippen LogP contribution in [0.3, 0.4) is 0 Å². The minimum atomic E-state index is 0.0769. The summed E-state index contributed by atoms with van der Waals surface area (Å²) >= 11 is 0. The van der Waals surface area contributed by atoms with Gasteiger partial charge in [-0.05, 0) is 51.5 Å². The Bertz CT molecular complexity index is 735. The summed E-state index contributed by atoms with van der Waals surface area (Å²) in [7, 11) is 0. The number of amides is 1. The maximum Gasteiger partial charge on any atom is 0.320 e. The molecule has 1 saturated heterocycles. The van der Waals surface area contributed by atoms with Crippen LogP contribution in [0.5, 0.6) is 6.01 Å². The normalized spacial score (nSPS) is 22.6. The number of ether oxygens (including phenoxy) is 1. The number of piperidine rings is 1. The summed E-state index contributed by atoms with van der Waals surface area (Å²) < 4.78 is 5.66. The lowest BCUT2D eigenvalue weighted by atomic mass is 9.95. The van der Waals surface area contributed by atoms with Crippen molar-refractivity contribution in [3.05, 3.63) is 5.56 Å². The zero-order chi connectivity index (χ0) is 20.9. The third-order valence-corrected chi connectivity index (χ3v) is 7.00. The van der Waals surface area contributed by atoms with Crippen molar-refractivity contribution in [3.63, 3.8) is 0 Å². The molecule has 4 rings (SSSR count). The van der Waals surface area contributed by atoms with Crippen LogP contribution in [0.25, 0.3) is 0 Å². The molecule has 3 heterocycles. The number of nitrogens with two attached hydrogens (primary N) is 1. The van der Waals surface area contributed by atoms with Gasteiger partial charge in [0.2, 0.25) is 5.91 Å². The van der Waals surface area contributed by atoms with E-state index in [0.29, 0.717) is 43.3 Å². The molecule has 1 amide bonds. The summed E-state index contributed by atoms with van der Waals surface area (Å²) in [4.78, 5) is 26.1. The lowest BCUT2D eigenvalue weighted by Crippen LogP contribution is -2.45. The third-order valence-electron chi connectivity index (χ3n) is 7.00. The zero-order valence-electron chi connectivity index (χ0n) is 18.4. The van der Waals surface area contributed by atoms with Gasteiger partial charge in [0, 0.05) is 24.2 Å². The lowest BCUT2D eigenvalue weighted by Gasteiger charge is -2.40. The SMILES string of the molecule is CCCCOc1nc(N)c2c(n1)N(CCCC1CCCCN1C1CCCC1)C(=O)C2. The van der Waals surface area contributed by atoms with Gasteiger partial charge in [0.05, 0.1) is 13.0 Å². The van der Waals surface area contributed by atoms with Crippen LogP contribution in [0.1, 0.15) is 83.1 Å². The monoisotopic (exact) mass is 415 g/mol. The minimum Gasteiger partial charge on any atom is -0.463 e. The number of hydrogen-bond donors (Lipinski definition) is 1. The number of aromatic nitrogens is 2. The molecule has 2 fully saturated rings. The number of hydrogen-bond acceptors (Lipinski definition) is 6. The van der Waals surface area contributed by atoms with Crippen molar-refractivity contribution in [3.8, 4) is 6.01 Å². The Morgan fingerprint density at radius 3 is 2.70 bits per heavy atom. The fourth-order valence-corrected chi connectivity index (χ4v) is 5.36. The van der Waals surface area contributed by atoms with Crippen LogP contribution in [0.4, 0.5) is 11.6 Å². The summed E-state index contributed by atoms with van der Waals surface area (Å²) in [6.07, 6.45) is 13.9. The van der Waals surface area contributed by atoms with Crippen molar-refractivity contribution < 1.29 is 9.53 Å². The predicted molar refractivity (Wildman–Crippen MR) is 119 cm³/mol. The minimum absolute atomic E-state index is 0.0769. The largest absolute Gasteiger partial charge is 0.463 e. The molecule has 30 heavy (non-hydrogen) atoms. The van der Waals surface area contributed by atoms with E-state index in [-0.39, 0.29) is 5.91 Å². The topological polar surface area (TPSA) is 84.6 Å². The van der Waals surface area contributed by atoms with Gasteiger partial charge in [-0.15, -0.1) is 0 Å². The molecular formula is C23H37N5O2. The number of unbranched alkanes of at least 4 members (excludes halogenated alkanes) is 1. The second-order valence-electron chi connectivity index (χ2n) is 9.09. The molecule has 2 N–H and O–H groups in total. The van der Waals surface area contributed by atoms with Crippen molar-refractivity contribution in [2.24, 2.45) is 0 Å². The number of likely N-dealkylation sites (tertiary alicyclic amines) is 1. The Balaban J connectivity index is 1.37. The van der Waals surface area contributed by atoms with Gasteiger partial charge < -0.3 is 10.5 Å². The second kappa shape index (κ2) is 9.94. The molecule has 3 aliphatic rings. The third kappa shape index (κ3) is 4.71. The van der Waals surface area contributed by atoms with E-state index >= 15 is 0 Å². The fraction of sp³-hybridized carbons (Fsp3) is 0.783. The summed E-state index contributed by atoms with van der Waals surface area (Å²) in [6, 6.07) is 1.75. The number of nitrogen functional groups attached to an aromatic ring is 1. The Kier molecular flexibility index (Phi) is 7.08. The van der Waals surface area contributed by atoms with Gasteiger partial charge in [-0.25, -0.2) is 0 Å². The van der Waals surface area contributed by atoms with Crippen molar-refractivity contribution in [2.45, 2.75) is 96.1 Å². The van der Waals surface area contributed by atoms with E-state index in [0.717, 1.165) is 37.3 Å². The Morgan fingerprint density at radius 1 is 1.10 bits per heavy atom. The molecule has 1 aromatic rings. The van der Waals surface area contributed by atoms with Gasteiger partial charge in [0.15, 0.2) is 0 Å². The van der Waals surface area contributed by atoms with Crippen LogP contribution < -0.4 is 15.4 Å². The number of fused-ring (bicyclic) bond motifs is 1. The van der Waals surface area contributed by atoms with Gasteiger partial charge in [0.25, 0.3) is 0 Å². The van der Waals surface area contributed by atoms with E-state index in [2.05, 4.69) is 21.8 Å². The van der Waals surface area contributed by atoms with Gasteiger partial charge in [-0.3, -0.25) is 14.6 Å². The molecule has 7 nitrogen and oxygen atoms in total. The quantitative estimate of drug-likeness (QED) is 0.619. The van der Waals surface area contributed by atoms with E-state index in [1.807, 2.05) is 4.90 Å². The van der Waals surface area contributed by atoms with Crippen molar-refractivity contribution in [2.75, 3.05) is 30.3 Å². The number of anilines is 2. The van der Waals surface area contributed by atoms with E-state index < -0.39 is 0 Å². The first-order valence-corrected chi connectivity index (χ1v) is 12.0. The van der Waals surface area contributed by atoms with Crippen LogP contribution in [0.15, 0.2) is 0 Å². The molecule has 1 aliphatic carbocycles. The van der Waals surface area contributed by atoms with Gasteiger partial charge in [-0.1, -0.05) is 32.6 Å². The van der Waals surface area contributed by atoms with E-state index in [9.17, 15) is 4.79 Å². The van der Waals surface area contributed by atoms with Gasteiger partial charge >= 0.3 is 6.01 Å². The lowest BCUT2D eigenvalue weighted by molar-refractivity contribution is -0.117. The molecule has 0 aromatic carbocycles. The standard InChI is InChI=1S/C23H37N5O2/c1-2-3-15-30-23-25-21(24)19-16-20(29)28(22(19)26-23)14-8-12-18-11-6-7-13-27(18)17-9-4-5-10-17/h17-18H,2-16H2,1H3,(H2,24,25,26). The van der Waals surface area contributed by atoms with Crippen LogP contribution in [0, 0.1) is 0 Å². The maximum absolute atomic E-state index is 12.7. The zero-order valence-corrected chi connectivity index (χ0v) is 18.4. The van der Waals surface area contributed by atoms with E-state index in [1.165, 1.54) is 51.5 Å². The molecule has 0 radical (unpaired) electrons. The number of rotatable bonds is 9. The number of carbonyl (C=O) groups is 1. The smallest absolute Gasteiger partial charge is 0.320 e. The highest BCUT2D eigenvalue weighted by Crippen LogP contribution is 2.34. The van der Waals surface area contributed by atoms with Crippen molar-refractivity contribution in [1.29, 1.82) is 0 Å². The average molecular weight is 416 g/mol. The molecule has 0 spiro atoms. The molecule has 1 aromatic heterocycles. The Morgan fingerprint density at radius 2 is 1.90 bits per heavy atom. The molecule has 166 valence electrons. The summed E-state index contributed by atoms with van der Waals surface area (Å²) in [6.45, 7) is 4.64. The Hall–Kier alpha value is -1.89. The molecular weight excluding hydrogens is 378 g/mol. The van der Waals surface area contributed by atoms with Gasteiger partial charge in [0.1, 0.15) is 11.6 Å². The molecule has 1 atom stereocenters. The Labute approximate surface area is 180 Å². The molecule has 0 bridgehead atoms. The second-order valence-corrected chi connectivity index (χ2v) is 9.09. The van der Waals surface area contributed by atoms with Crippen LogP contribution in [-0.2, 0) is 11.2 Å². The highest BCUT2D eigenvalue weighted by molar-refractivity contribution is 6.01. The maximum atomic E-state index is 12.7.